The first-order chi connectivity index (χ1) is 22.4. The average molecular weight is 634 g/mol. The number of piperidine rings is 1. The predicted molar refractivity (Wildman–Crippen MR) is 184 cm³/mol. The minimum atomic E-state index is -0.851. The van der Waals surface area contributed by atoms with Crippen LogP contribution in [0, 0.1) is 11.8 Å². The molecule has 0 radical (unpaired) electrons. The molecule has 6 nitrogen and oxygen atoms in total. The van der Waals surface area contributed by atoms with Crippen molar-refractivity contribution in [3.8, 4) is 11.5 Å². The maximum atomic E-state index is 12.6. The Bertz CT molecular complexity index is 1250. The molecular formula is C40H59NO5. The lowest BCUT2D eigenvalue weighted by molar-refractivity contribution is -0.174. The standard InChI is InChI=1S/C40H59NO5/c1-3-4-5-6-7-8-9-10-11-12-13-14-15-16-17-32(38(42)43)28-45-33-21-20-31-26-34-40(44)23-22-29(2)37-39(40,35(31)36(33)46-37)24-25-41(34)27-30-18-19-30/h10-11,20-21,30,32,34,37,44H,2-9,12-19,22-28H2,1H3,(H,42,43)/b11-10+/t32?,34?,37-,39-,40+/m0/s1. The number of unbranched alkanes of at least 4 members (excludes halogenated alkanes) is 10. The van der Waals surface area contributed by atoms with Crippen LogP contribution >= 0.6 is 0 Å². The van der Waals surface area contributed by atoms with E-state index in [0.717, 1.165) is 93.7 Å². The van der Waals surface area contributed by atoms with Gasteiger partial charge in [-0.15, -0.1) is 0 Å². The van der Waals surface area contributed by atoms with E-state index in [1.54, 1.807) is 0 Å². The minimum absolute atomic E-state index is 0.101. The van der Waals surface area contributed by atoms with Crippen molar-refractivity contribution in [2.75, 3.05) is 19.7 Å². The van der Waals surface area contributed by atoms with Gasteiger partial charge in [0, 0.05) is 18.2 Å². The van der Waals surface area contributed by atoms with E-state index >= 15 is 0 Å². The zero-order chi connectivity index (χ0) is 32.1. The van der Waals surface area contributed by atoms with Gasteiger partial charge in [0.2, 0.25) is 0 Å². The molecule has 1 saturated heterocycles. The Morgan fingerprint density at radius 1 is 1.07 bits per heavy atom. The van der Waals surface area contributed by atoms with E-state index in [0.29, 0.717) is 12.2 Å². The molecule has 5 aliphatic rings. The number of carboxylic acids is 1. The van der Waals surface area contributed by atoms with Crippen LogP contribution in [-0.2, 0) is 16.6 Å². The molecule has 2 saturated carbocycles. The zero-order valence-corrected chi connectivity index (χ0v) is 28.4. The molecule has 254 valence electrons. The molecule has 1 aromatic rings. The summed E-state index contributed by atoms with van der Waals surface area (Å²) in [5.74, 6) is 0.781. The van der Waals surface area contributed by atoms with Gasteiger partial charge in [0.25, 0.3) is 0 Å². The predicted octanol–water partition coefficient (Wildman–Crippen LogP) is 8.53. The first kappa shape index (κ1) is 33.6. The van der Waals surface area contributed by atoms with Crippen molar-refractivity contribution in [2.45, 2.75) is 152 Å². The lowest BCUT2D eigenvalue weighted by Crippen LogP contribution is -2.75. The summed E-state index contributed by atoms with van der Waals surface area (Å²) in [5.41, 5.74) is 2.09. The fourth-order valence-electron chi connectivity index (χ4n) is 9.25. The summed E-state index contributed by atoms with van der Waals surface area (Å²) in [5, 5.41) is 22.6. The SMILES string of the molecule is C=C1CC[C@@]2(O)C3Cc4ccc(OCC(CCCCCC/C=C/CCCCCCCC)C(=O)O)c5c4[C@@]2(CCN3CC2CC2)[C@H]1O5. The van der Waals surface area contributed by atoms with Gasteiger partial charge in [-0.2, -0.15) is 0 Å². The van der Waals surface area contributed by atoms with Crippen molar-refractivity contribution in [3.05, 3.63) is 47.6 Å². The highest BCUT2D eigenvalue weighted by Crippen LogP contribution is 2.66. The molecule has 2 heterocycles. The van der Waals surface area contributed by atoms with Gasteiger partial charge in [-0.05, 0) is 100 Å². The van der Waals surface area contributed by atoms with Crippen molar-refractivity contribution in [1.82, 2.24) is 4.90 Å². The average Bonchev–Trinajstić information content (AvgIpc) is 3.79. The van der Waals surface area contributed by atoms with Gasteiger partial charge in [-0.3, -0.25) is 9.69 Å². The fraction of sp³-hybridized carbons (Fsp3) is 0.725. The molecule has 0 aromatic heterocycles. The molecule has 3 fully saturated rings. The van der Waals surface area contributed by atoms with Crippen LogP contribution in [-0.4, -0.2) is 58.5 Å². The van der Waals surface area contributed by atoms with Gasteiger partial charge >= 0.3 is 5.97 Å². The summed E-state index contributed by atoms with van der Waals surface area (Å²) in [6.45, 7) is 8.87. The summed E-state index contributed by atoms with van der Waals surface area (Å²) in [7, 11) is 0. The molecule has 0 amide bonds. The van der Waals surface area contributed by atoms with E-state index in [2.05, 4.69) is 36.6 Å². The number of nitrogens with zero attached hydrogens (tertiary/aromatic N) is 1. The number of aliphatic hydroxyl groups is 1. The summed E-state index contributed by atoms with van der Waals surface area (Å²) in [4.78, 5) is 14.8. The molecule has 2 bridgehead atoms. The van der Waals surface area contributed by atoms with Gasteiger partial charge in [-0.1, -0.05) is 83.1 Å². The molecule has 6 rings (SSSR count). The third-order valence-corrected chi connectivity index (χ3v) is 12.0. The lowest BCUT2D eigenvalue weighted by Gasteiger charge is -2.63. The highest BCUT2D eigenvalue weighted by atomic mass is 16.5. The number of carbonyl (C=O) groups is 1. The van der Waals surface area contributed by atoms with Gasteiger partial charge in [0.1, 0.15) is 12.7 Å². The molecular weight excluding hydrogens is 574 g/mol. The normalized spacial score (nSPS) is 28.7. The molecule has 46 heavy (non-hydrogen) atoms. The maximum Gasteiger partial charge on any atom is 0.309 e. The first-order valence-corrected chi connectivity index (χ1v) is 18.9. The summed E-state index contributed by atoms with van der Waals surface area (Å²) in [6.07, 6.45) is 25.4. The molecule has 5 atom stereocenters. The molecule has 1 spiro atoms. The molecule has 2 aliphatic heterocycles. The van der Waals surface area contributed by atoms with Crippen molar-refractivity contribution in [2.24, 2.45) is 11.8 Å². The molecule has 6 heteroatoms. The van der Waals surface area contributed by atoms with Crippen molar-refractivity contribution in [3.63, 3.8) is 0 Å². The second-order valence-corrected chi connectivity index (χ2v) is 15.3. The highest BCUT2D eigenvalue weighted by Gasteiger charge is 2.72. The van der Waals surface area contributed by atoms with Crippen LogP contribution in [0.25, 0.3) is 0 Å². The second-order valence-electron chi connectivity index (χ2n) is 15.3. The molecule has 1 aromatic carbocycles. The van der Waals surface area contributed by atoms with Crippen LogP contribution in [0.1, 0.15) is 134 Å². The fourth-order valence-corrected chi connectivity index (χ4v) is 9.25. The zero-order valence-electron chi connectivity index (χ0n) is 28.4. The summed E-state index contributed by atoms with van der Waals surface area (Å²) < 4.78 is 13.0. The number of hydrogen-bond acceptors (Lipinski definition) is 5. The lowest BCUT2D eigenvalue weighted by atomic mass is 9.48. The Morgan fingerprint density at radius 2 is 1.78 bits per heavy atom. The van der Waals surface area contributed by atoms with Crippen LogP contribution in [0.5, 0.6) is 11.5 Å². The van der Waals surface area contributed by atoms with E-state index in [1.165, 1.54) is 63.4 Å². The van der Waals surface area contributed by atoms with Crippen molar-refractivity contribution >= 4 is 5.97 Å². The van der Waals surface area contributed by atoms with E-state index in [1.807, 2.05) is 6.07 Å². The number of rotatable bonds is 20. The summed E-state index contributed by atoms with van der Waals surface area (Å²) >= 11 is 0. The number of aliphatic carboxylic acids is 1. The third kappa shape index (κ3) is 6.67. The van der Waals surface area contributed by atoms with Gasteiger partial charge in [-0.25, -0.2) is 0 Å². The maximum absolute atomic E-state index is 12.6. The number of benzene rings is 1. The summed E-state index contributed by atoms with van der Waals surface area (Å²) in [6, 6.07) is 4.24. The number of carboxylic acid groups (broad SMARTS) is 1. The smallest absolute Gasteiger partial charge is 0.309 e. The monoisotopic (exact) mass is 633 g/mol. The van der Waals surface area contributed by atoms with Crippen molar-refractivity contribution < 1.29 is 24.5 Å². The quantitative estimate of drug-likeness (QED) is 0.111. The number of allylic oxidation sites excluding steroid dienone is 2. The highest BCUT2D eigenvalue weighted by molar-refractivity contribution is 5.70. The van der Waals surface area contributed by atoms with Crippen LogP contribution in [0.4, 0.5) is 0 Å². The van der Waals surface area contributed by atoms with E-state index in [-0.39, 0.29) is 18.8 Å². The third-order valence-electron chi connectivity index (χ3n) is 12.0. The van der Waals surface area contributed by atoms with Crippen molar-refractivity contribution in [1.29, 1.82) is 0 Å². The van der Waals surface area contributed by atoms with Gasteiger partial charge in [0.15, 0.2) is 11.5 Å². The first-order valence-electron chi connectivity index (χ1n) is 18.9. The second kappa shape index (κ2) is 14.8. The van der Waals surface area contributed by atoms with Gasteiger partial charge in [0.05, 0.1) is 16.9 Å². The Hall–Kier alpha value is -2.31. The van der Waals surface area contributed by atoms with Crippen LogP contribution in [0.15, 0.2) is 36.4 Å². The topological polar surface area (TPSA) is 79.2 Å². The Morgan fingerprint density at radius 3 is 2.50 bits per heavy atom. The van der Waals surface area contributed by atoms with E-state index in [4.69, 9.17) is 9.47 Å². The Balaban J connectivity index is 1.01. The van der Waals surface area contributed by atoms with E-state index in [9.17, 15) is 15.0 Å². The number of likely N-dealkylation sites (tertiary alicyclic amines) is 1. The molecule has 3 aliphatic carbocycles. The Labute approximate surface area is 277 Å². The van der Waals surface area contributed by atoms with Gasteiger partial charge < -0.3 is 19.7 Å². The number of ether oxygens (including phenoxy) is 2. The largest absolute Gasteiger partial charge is 0.489 e. The van der Waals surface area contributed by atoms with Crippen LogP contribution < -0.4 is 9.47 Å². The molecule has 2 unspecified atom stereocenters. The van der Waals surface area contributed by atoms with Crippen LogP contribution in [0.3, 0.4) is 0 Å². The van der Waals surface area contributed by atoms with E-state index < -0.39 is 22.9 Å². The Kier molecular flexibility index (Phi) is 10.8. The van der Waals surface area contributed by atoms with Crippen LogP contribution in [0.2, 0.25) is 0 Å². The molecule has 2 N–H and O–H groups in total. The number of hydrogen-bond donors (Lipinski definition) is 2. The minimum Gasteiger partial charge on any atom is -0.489 e.